The van der Waals surface area contributed by atoms with Crippen molar-refractivity contribution in [2.75, 3.05) is 20.7 Å². The van der Waals surface area contributed by atoms with Crippen LogP contribution in [0.2, 0.25) is 0 Å². The van der Waals surface area contributed by atoms with Gasteiger partial charge in [0, 0.05) is 31.0 Å². The molecule has 1 amide bonds. The Morgan fingerprint density at radius 2 is 2.13 bits per heavy atom. The molecule has 1 saturated heterocycles. The molecular weight excluding hydrogens is 396 g/mol. The molecule has 8 nitrogen and oxygen atoms in total. The Balaban J connectivity index is 1.80. The number of esters is 1. The molecule has 8 heteroatoms. The number of hydrogen-bond acceptors (Lipinski definition) is 5. The molecule has 0 aliphatic carbocycles. The fourth-order valence-corrected chi connectivity index (χ4v) is 3.48. The zero-order chi connectivity index (χ0) is 22.2. The lowest BCUT2D eigenvalue weighted by Gasteiger charge is -2.13. The number of methoxy groups -OCH3 is 1. The van der Waals surface area contributed by atoms with E-state index in [0.717, 1.165) is 0 Å². The SMILES string of the molecule is [C-]#[N+]c1ccc2c(C(=O)OC)nn(-c3cccc(C#C[C@]4(O)CCN(C)C4=O)c3)c2c1. The molecule has 1 atom stereocenters. The van der Waals surface area contributed by atoms with Crippen LogP contribution in [0.5, 0.6) is 0 Å². The summed E-state index contributed by atoms with van der Waals surface area (Å²) in [6.45, 7) is 7.72. The number of aromatic nitrogens is 2. The average molecular weight is 414 g/mol. The second kappa shape index (κ2) is 7.60. The van der Waals surface area contributed by atoms with Crippen LogP contribution in [0.4, 0.5) is 5.69 Å². The Hall–Kier alpha value is -4.14. The summed E-state index contributed by atoms with van der Waals surface area (Å²) in [6.07, 6.45) is 0.251. The Morgan fingerprint density at radius 1 is 1.32 bits per heavy atom. The smallest absolute Gasteiger partial charge is 0.359 e. The third-order valence-corrected chi connectivity index (χ3v) is 5.19. The highest BCUT2D eigenvalue weighted by Crippen LogP contribution is 2.27. The highest BCUT2D eigenvalue weighted by molar-refractivity contribution is 6.03. The Bertz CT molecular complexity index is 1320. The van der Waals surface area contributed by atoms with E-state index in [1.54, 1.807) is 54.2 Å². The number of amides is 1. The summed E-state index contributed by atoms with van der Waals surface area (Å²) in [4.78, 5) is 29.2. The fourth-order valence-electron chi connectivity index (χ4n) is 3.48. The lowest BCUT2D eigenvalue weighted by molar-refractivity contribution is -0.137. The number of nitrogens with zero attached hydrogens (tertiary/aromatic N) is 4. The molecule has 0 radical (unpaired) electrons. The summed E-state index contributed by atoms with van der Waals surface area (Å²) in [7, 11) is 2.91. The molecule has 1 aliphatic heterocycles. The summed E-state index contributed by atoms with van der Waals surface area (Å²) in [6, 6.07) is 12.0. The number of likely N-dealkylation sites (N-methyl/N-ethyl adjacent to an activating group) is 1. The molecule has 31 heavy (non-hydrogen) atoms. The molecular formula is C23H18N4O4. The third kappa shape index (κ3) is 3.50. The maximum atomic E-state index is 12.2. The molecule has 4 rings (SSSR count). The van der Waals surface area contributed by atoms with Crippen molar-refractivity contribution in [1.82, 2.24) is 14.7 Å². The number of ether oxygens (including phenoxy) is 1. The van der Waals surface area contributed by atoms with Gasteiger partial charge in [0.2, 0.25) is 5.60 Å². The Labute approximate surface area is 178 Å². The molecule has 154 valence electrons. The van der Waals surface area contributed by atoms with Crippen molar-refractivity contribution in [3.05, 3.63) is 65.1 Å². The standard InChI is InChI=1S/C23H18N4O4/c1-24-16-7-8-18-19(14-16)27(25-20(18)21(28)31-3)17-6-4-5-15(13-17)9-10-23(30)11-12-26(2)22(23)29/h4-8,13-14,30H,11-12H2,2-3H3/t23-/m0/s1. The van der Waals surface area contributed by atoms with E-state index in [4.69, 9.17) is 11.3 Å². The van der Waals surface area contributed by atoms with E-state index < -0.39 is 17.5 Å². The molecule has 2 heterocycles. The van der Waals surface area contributed by atoms with Gasteiger partial charge in [0.05, 0.1) is 24.9 Å². The summed E-state index contributed by atoms with van der Waals surface area (Å²) in [5, 5.41) is 15.5. The summed E-state index contributed by atoms with van der Waals surface area (Å²) in [5.41, 5.74) is 0.608. The van der Waals surface area contributed by atoms with Gasteiger partial charge >= 0.3 is 5.97 Å². The highest BCUT2D eigenvalue weighted by Gasteiger charge is 2.42. The number of likely N-dealkylation sites (tertiary alicyclic amines) is 1. The van der Waals surface area contributed by atoms with Crippen molar-refractivity contribution in [3.63, 3.8) is 0 Å². The van der Waals surface area contributed by atoms with Gasteiger partial charge in [-0.2, -0.15) is 5.10 Å². The molecule has 1 N–H and O–H groups in total. The fraction of sp³-hybridized carbons (Fsp3) is 0.217. The van der Waals surface area contributed by atoms with E-state index in [2.05, 4.69) is 21.8 Å². The topological polar surface area (TPSA) is 89.0 Å². The van der Waals surface area contributed by atoms with Crippen molar-refractivity contribution in [1.29, 1.82) is 0 Å². The number of carbonyl (C=O) groups is 2. The molecule has 0 spiro atoms. The minimum Gasteiger partial charge on any atom is -0.464 e. The molecule has 3 aromatic rings. The predicted molar refractivity (Wildman–Crippen MR) is 113 cm³/mol. The largest absolute Gasteiger partial charge is 0.464 e. The normalized spacial score (nSPS) is 17.9. The first kappa shape index (κ1) is 20.1. The van der Waals surface area contributed by atoms with Crippen LogP contribution >= 0.6 is 0 Å². The Kier molecular flexibility index (Phi) is 4.94. The van der Waals surface area contributed by atoms with Gasteiger partial charge in [-0.25, -0.2) is 14.3 Å². The van der Waals surface area contributed by atoms with Gasteiger partial charge in [-0.3, -0.25) is 4.79 Å². The summed E-state index contributed by atoms with van der Waals surface area (Å²) < 4.78 is 6.38. The van der Waals surface area contributed by atoms with Crippen LogP contribution in [0.25, 0.3) is 21.4 Å². The molecule has 1 fully saturated rings. The number of benzene rings is 2. The number of rotatable bonds is 2. The number of hydrogen-bond donors (Lipinski definition) is 1. The first-order valence-electron chi connectivity index (χ1n) is 9.46. The second-order valence-electron chi connectivity index (χ2n) is 7.20. The second-order valence-corrected chi connectivity index (χ2v) is 7.20. The van der Waals surface area contributed by atoms with Crippen LogP contribution in [0.15, 0.2) is 42.5 Å². The first-order chi connectivity index (χ1) is 14.9. The first-order valence-corrected chi connectivity index (χ1v) is 9.46. The van der Waals surface area contributed by atoms with Crippen molar-refractivity contribution >= 4 is 28.5 Å². The molecule has 1 aliphatic rings. The van der Waals surface area contributed by atoms with Gasteiger partial charge in [-0.15, -0.1) is 0 Å². The lowest BCUT2D eigenvalue weighted by atomic mass is 10.0. The number of fused-ring (bicyclic) bond motifs is 1. The molecule has 1 aromatic heterocycles. The van der Waals surface area contributed by atoms with Crippen molar-refractivity contribution in [2.45, 2.75) is 12.0 Å². The molecule has 0 saturated carbocycles. The summed E-state index contributed by atoms with van der Waals surface area (Å²) >= 11 is 0. The van der Waals surface area contributed by atoms with Crippen LogP contribution in [0.1, 0.15) is 22.5 Å². The van der Waals surface area contributed by atoms with Crippen molar-refractivity contribution < 1.29 is 19.4 Å². The molecule has 2 aromatic carbocycles. The van der Waals surface area contributed by atoms with E-state index in [1.807, 2.05) is 0 Å². The summed E-state index contributed by atoms with van der Waals surface area (Å²) in [5.74, 6) is 4.57. The zero-order valence-electron chi connectivity index (χ0n) is 16.9. The van der Waals surface area contributed by atoms with Crippen LogP contribution in [-0.4, -0.2) is 58.0 Å². The molecule has 0 unspecified atom stereocenters. The minimum atomic E-state index is -1.69. The van der Waals surface area contributed by atoms with Gasteiger partial charge in [0.1, 0.15) is 0 Å². The third-order valence-electron chi connectivity index (χ3n) is 5.19. The van der Waals surface area contributed by atoms with E-state index >= 15 is 0 Å². The predicted octanol–water partition coefficient (Wildman–Crippen LogP) is 2.31. The van der Waals surface area contributed by atoms with Gasteiger partial charge < -0.3 is 14.7 Å². The quantitative estimate of drug-likeness (QED) is 0.395. The van der Waals surface area contributed by atoms with E-state index in [0.29, 0.717) is 34.4 Å². The van der Waals surface area contributed by atoms with Gasteiger partial charge in [-0.05, 0) is 24.3 Å². The van der Waals surface area contributed by atoms with Crippen LogP contribution in [0.3, 0.4) is 0 Å². The maximum Gasteiger partial charge on any atom is 0.359 e. The van der Waals surface area contributed by atoms with E-state index in [9.17, 15) is 14.7 Å². The molecule has 0 bridgehead atoms. The van der Waals surface area contributed by atoms with E-state index in [1.165, 1.54) is 12.0 Å². The van der Waals surface area contributed by atoms with Crippen molar-refractivity contribution in [3.8, 4) is 17.5 Å². The lowest BCUT2D eigenvalue weighted by Crippen LogP contribution is -2.37. The highest BCUT2D eigenvalue weighted by atomic mass is 16.5. The monoisotopic (exact) mass is 414 g/mol. The number of aliphatic hydroxyl groups is 1. The number of carbonyl (C=O) groups excluding carboxylic acids is 2. The van der Waals surface area contributed by atoms with Crippen LogP contribution in [0, 0.1) is 18.4 Å². The minimum absolute atomic E-state index is 0.138. The maximum absolute atomic E-state index is 12.2. The van der Waals surface area contributed by atoms with Crippen LogP contribution in [-0.2, 0) is 9.53 Å². The Morgan fingerprint density at radius 3 is 2.81 bits per heavy atom. The average Bonchev–Trinajstić information content (AvgIpc) is 3.30. The van der Waals surface area contributed by atoms with E-state index in [-0.39, 0.29) is 12.1 Å². The van der Waals surface area contributed by atoms with Gasteiger partial charge in [0.15, 0.2) is 11.4 Å². The van der Waals surface area contributed by atoms with Crippen molar-refractivity contribution in [2.24, 2.45) is 0 Å². The van der Waals surface area contributed by atoms with Gasteiger partial charge in [-0.1, -0.05) is 30.0 Å². The van der Waals surface area contributed by atoms with Gasteiger partial charge in [0.25, 0.3) is 5.91 Å². The van der Waals surface area contributed by atoms with Crippen LogP contribution < -0.4 is 0 Å². The zero-order valence-corrected chi connectivity index (χ0v) is 16.9.